The molecule has 0 spiro atoms. The predicted molar refractivity (Wildman–Crippen MR) is 154 cm³/mol. The normalized spacial score (nSPS) is 21.9. The quantitative estimate of drug-likeness (QED) is 0.471. The molecule has 0 radical (unpaired) electrons. The summed E-state index contributed by atoms with van der Waals surface area (Å²) in [6, 6.07) is 6.72. The number of halogens is 1. The number of amides is 1. The first-order valence-electron chi connectivity index (χ1n) is 13.8. The van der Waals surface area contributed by atoms with E-state index >= 15 is 0 Å². The Morgan fingerprint density at radius 3 is 2.77 bits per heavy atom. The lowest BCUT2D eigenvalue weighted by molar-refractivity contribution is 0.0525. The van der Waals surface area contributed by atoms with Gasteiger partial charge in [0.1, 0.15) is 5.03 Å². The molecule has 0 aliphatic carbocycles. The van der Waals surface area contributed by atoms with Gasteiger partial charge < -0.3 is 19.7 Å². The van der Waals surface area contributed by atoms with Gasteiger partial charge in [0.05, 0.1) is 5.69 Å². The maximum atomic E-state index is 13.8. The number of carbonyl (C=O) groups excluding carboxylic acids is 1. The van der Waals surface area contributed by atoms with Crippen molar-refractivity contribution in [2.75, 3.05) is 52.9 Å². The first-order chi connectivity index (χ1) is 18.8. The van der Waals surface area contributed by atoms with Gasteiger partial charge in [0.2, 0.25) is 0 Å². The molecule has 3 aliphatic rings. The molecule has 3 aromatic rings. The van der Waals surface area contributed by atoms with Crippen molar-refractivity contribution in [1.82, 2.24) is 29.0 Å². The summed E-state index contributed by atoms with van der Waals surface area (Å²) < 4.78 is 29.0. The molecular weight excluding hydrogens is 556 g/mol. The third kappa shape index (κ3) is 5.62. The van der Waals surface area contributed by atoms with Crippen LogP contribution in [0.15, 0.2) is 29.3 Å². The lowest BCUT2D eigenvalue weighted by Crippen LogP contribution is -2.57. The van der Waals surface area contributed by atoms with Gasteiger partial charge in [-0.3, -0.25) is 4.79 Å². The summed E-state index contributed by atoms with van der Waals surface area (Å²) in [6.07, 6.45) is 5.23. The Balaban J connectivity index is 1.24. The molecule has 0 saturated carbocycles. The number of benzene rings is 1. The highest BCUT2D eigenvalue weighted by Gasteiger charge is 2.38. The Labute approximate surface area is 238 Å². The van der Waals surface area contributed by atoms with Crippen molar-refractivity contribution in [2.24, 2.45) is 0 Å². The monoisotopic (exact) mass is 590 g/mol. The number of aromatic amines is 1. The summed E-state index contributed by atoms with van der Waals surface area (Å²) in [4.78, 5) is 29.3. The summed E-state index contributed by atoms with van der Waals surface area (Å²) >= 11 is 7.62. The van der Waals surface area contributed by atoms with Crippen LogP contribution < -0.4 is 0 Å². The van der Waals surface area contributed by atoms with E-state index in [-0.39, 0.29) is 30.1 Å². The van der Waals surface area contributed by atoms with Gasteiger partial charge in [0, 0.05) is 72.5 Å². The van der Waals surface area contributed by atoms with Crippen molar-refractivity contribution >= 4 is 49.8 Å². The number of likely N-dealkylation sites (tertiary alicyclic amines) is 1. The molecule has 3 aliphatic heterocycles. The van der Waals surface area contributed by atoms with Crippen molar-refractivity contribution in [3.05, 3.63) is 44.9 Å². The Hall–Kier alpha value is -2.02. The summed E-state index contributed by atoms with van der Waals surface area (Å²) in [5, 5.41) is 2.01. The van der Waals surface area contributed by atoms with Crippen LogP contribution in [-0.4, -0.2) is 102 Å². The van der Waals surface area contributed by atoms with Gasteiger partial charge in [0.15, 0.2) is 5.01 Å². The number of hydrogen-bond donors (Lipinski definition) is 1. The SMILES string of the molecule is CN1CCc2nc(C(=O)N3CCN(S(=O)(=O)c4cc5cc(Cl)ccc5[nH]4)CC3CCN3CCCCC3)sc2C1. The van der Waals surface area contributed by atoms with Crippen LogP contribution in [-0.2, 0) is 23.0 Å². The van der Waals surface area contributed by atoms with Crippen LogP contribution in [0.25, 0.3) is 10.9 Å². The number of nitrogens with one attached hydrogen (secondary N) is 1. The average Bonchev–Trinajstić information content (AvgIpc) is 3.56. The number of rotatable bonds is 6. The van der Waals surface area contributed by atoms with Gasteiger partial charge in [-0.1, -0.05) is 18.0 Å². The first-order valence-corrected chi connectivity index (χ1v) is 16.4. The van der Waals surface area contributed by atoms with Crippen LogP contribution in [0, 0.1) is 0 Å². The van der Waals surface area contributed by atoms with Crippen molar-refractivity contribution in [3.8, 4) is 0 Å². The molecule has 5 heterocycles. The molecule has 0 bridgehead atoms. The smallest absolute Gasteiger partial charge is 0.283 e. The second kappa shape index (κ2) is 11.1. The highest BCUT2D eigenvalue weighted by molar-refractivity contribution is 7.89. The Morgan fingerprint density at radius 2 is 1.95 bits per heavy atom. The maximum Gasteiger partial charge on any atom is 0.283 e. The van der Waals surface area contributed by atoms with Crippen molar-refractivity contribution < 1.29 is 13.2 Å². The van der Waals surface area contributed by atoms with E-state index in [9.17, 15) is 13.2 Å². The van der Waals surface area contributed by atoms with E-state index in [4.69, 9.17) is 16.6 Å². The van der Waals surface area contributed by atoms with Crippen LogP contribution in [0.5, 0.6) is 0 Å². The molecule has 39 heavy (non-hydrogen) atoms. The minimum absolute atomic E-state index is 0.0713. The number of sulfonamides is 1. The number of hydrogen-bond acceptors (Lipinski definition) is 7. The van der Waals surface area contributed by atoms with Crippen LogP contribution in [0.2, 0.25) is 5.02 Å². The number of H-pyrrole nitrogens is 1. The molecule has 2 saturated heterocycles. The maximum absolute atomic E-state index is 13.8. The standard InChI is InChI=1S/C27H35ClN6O3S2/c1-31-11-8-23-24(18-31)38-26(30-23)27(35)34-14-13-33(17-21(34)7-12-32-9-3-2-4-10-32)39(36,37)25-16-19-15-20(28)5-6-22(19)29-25/h5-6,15-16,21,29H,2-4,7-14,17-18H2,1H3. The first kappa shape index (κ1) is 27.2. The zero-order valence-electron chi connectivity index (χ0n) is 22.2. The molecule has 2 fully saturated rings. The van der Waals surface area contributed by atoms with Crippen LogP contribution in [0.1, 0.15) is 46.1 Å². The van der Waals surface area contributed by atoms with Crippen LogP contribution >= 0.6 is 22.9 Å². The molecule has 2 aromatic heterocycles. The second-order valence-electron chi connectivity index (χ2n) is 10.9. The molecule has 9 nitrogen and oxygen atoms in total. The van der Waals surface area contributed by atoms with E-state index in [0.29, 0.717) is 16.6 Å². The molecule has 1 N–H and O–H groups in total. The fourth-order valence-corrected chi connectivity index (χ4v) is 8.77. The third-order valence-corrected chi connectivity index (χ3v) is 11.3. The summed E-state index contributed by atoms with van der Waals surface area (Å²) in [5.41, 5.74) is 1.76. The number of thiazole rings is 1. The van der Waals surface area contributed by atoms with Crippen molar-refractivity contribution in [2.45, 2.75) is 49.7 Å². The van der Waals surface area contributed by atoms with E-state index < -0.39 is 10.0 Å². The number of nitrogens with zero attached hydrogens (tertiary/aromatic N) is 5. The van der Waals surface area contributed by atoms with Crippen molar-refractivity contribution in [3.63, 3.8) is 0 Å². The van der Waals surface area contributed by atoms with Crippen molar-refractivity contribution in [1.29, 1.82) is 0 Å². The van der Waals surface area contributed by atoms with Gasteiger partial charge in [-0.15, -0.1) is 11.3 Å². The zero-order valence-corrected chi connectivity index (χ0v) is 24.6. The van der Waals surface area contributed by atoms with E-state index in [2.05, 4.69) is 21.8 Å². The fraction of sp³-hybridized carbons (Fsp3) is 0.556. The molecule has 210 valence electrons. The number of likely N-dealkylation sites (N-methyl/N-ethyl adjacent to an activating group) is 1. The largest absolute Gasteiger partial charge is 0.345 e. The number of piperazine rings is 1. The Kier molecular flexibility index (Phi) is 7.73. The average molecular weight is 591 g/mol. The van der Waals surface area contributed by atoms with Crippen LogP contribution in [0.4, 0.5) is 0 Å². The lowest BCUT2D eigenvalue weighted by atomic mass is 10.1. The van der Waals surface area contributed by atoms with E-state index in [1.165, 1.54) is 34.9 Å². The van der Waals surface area contributed by atoms with Gasteiger partial charge in [-0.2, -0.15) is 4.31 Å². The summed E-state index contributed by atoms with van der Waals surface area (Å²) in [7, 11) is -1.68. The molecule has 12 heteroatoms. The molecule has 1 unspecified atom stereocenters. The van der Waals surface area contributed by atoms with E-state index in [1.807, 2.05) is 4.90 Å². The zero-order chi connectivity index (χ0) is 27.1. The Morgan fingerprint density at radius 1 is 1.13 bits per heavy atom. The number of carbonyl (C=O) groups is 1. The lowest BCUT2D eigenvalue weighted by Gasteiger charge is -2.41. The van der Waals surface area contributed by atoms with E-state index in [0.717, 1.165) is 67.0 Å². The van der Waals surface area contributed by atoms with Gasteiger partial charge in [-0.05, 0) is 63.7 Å². The number of fused-ring (bicyclic) bond motifs is 2. The molecule has 6 rings (SSSR count). The van der Waals surface area contributed by atoms with Gasteiger partial charge in [-0.25, -0.2) is 13.4 Å². The van der Waals surface area contributed by atoms with Gasteiger partial charge >= 0.3 is 0 Å². The molecule has 1 atom stereocenters. The van der Waals surface area contributed by atoms with Gasteiger partial charge in [0.25, 0.3) is 15.9 Å². The summed E-state index contributed by atoms with van der Waals surface area (Å²) in [6.45, 7) is 5.61. The number of aromatic nitrogens is 2. The number of piperidine rings is 1. The highest BCUT2D eigenvalue weighted by Crippen LogP contribution is 2.29. The molecular formula is C27H35ClN6O3S2. The third-order valence-electron chi connectivity index (χ3n) is 8.21. The fourth-order valence-electron chi connectivity index (χ4n) is 5.97. The van der Waals surface area contributed by atoms with Crippen LogP contribution in [0.3, 0.4) is 0 Å². The second-order valence-corrected chi connectivity index (χ2v) is 14.4. The predicted octanol–water partition coefficient (Wildman–Crippen LogP) is 3.66. The Bertz CT molecular complexity index is 1470. The topological polar surface area (TPSA) is 92.9 Å². The molecule has 1 aromatic carbocycles. The highest BCUT2D eigenvalue weighted by atomic mass is 35.5. The minimum Gasteiger partial charge on any atom is -0.345 e. The van der Waals surface area contributed by atoms with E-state index in [1.54, 1.807) is 24.3 Å². The molecule has 1 amide bonds. The summed E-state index contributed by atoms with van der Waals surface area (Å²) in [5.74, 6) is -0.0713. The minimum atomic E-state index is -3.77.